The van der Waals surface area contributed by atoms with E-state index in [9.17, 15) is 27.2 Å². The Labute approximate surface area is 148 Å². The lowest BCUT2D eigenvalue weighted by molar-refractivity contribution is -0.138. The van der Waals surface area contributed by atoms with Crippen molar-refractivity contribution >= 4 is 12.1 Å². The van der Waals surface area contributed by atoms with Crippen molar-refractivity contribution in [3.63, 3.8) is 0 Å². The lowest BCUT2D eigenvalue weighted by atomic mass is 9.99. The van der Waals surface area contributed by atoms with Gasteiger partial charge in [0.05, 0.1) is 5.56 Å². The van der Waals surface area contributed by atoms with Crippen LogP contribution in [0.25, 0.3) is 0 Å². The van der Waals surface area contributed by atoms with E-state index in [1.54, 1.807) is 20.8 Å². The molecule has 0 radical (unpaired) electrons. The number of hydrogen-bond donors (Lipinski definition) is 2. The van der Waals surface area contributed by atoms with Gasteiger partial charge in [0.1, 0.15) is 11.4 Å². The summed E-state index contributed by atoms with van der Waals surface area (Å²) in [4.78, 5) is 22.6. The zero-order chi connectivity index (χ0) is 20.1. The fourth-order valence-corrected chi connectivity index (χ4v) is 2.21. The third kappa shape index (κ3) is 8.17. The molecule has 0 aliphatic rings. The van der Waals surface area contributed by atoms with E-state index in [2.05, 4.69) is 5.32 Å². The number of halogens is 4. The minimum absolute atomic E-state index is 0.0104. The molecule has 0 aliphatic heterocycles. The second kappa shape index (κ2) is 8.37. The van der Waals surface area contributed by atoms with Gasteiger partial charge in [-0.25, -0.2) is 9.18 Å². The average Bonchev–Trinajstić information content (AvgIpc) is 2.41. The Hall–Kier alpha value is -2.32. The Morgan fingerprint density at radius 3 is 2.31 bits per heavy atom. The molecule has 1 aromatic rings. The van der Waals surface area contributed by atoms with Crippen molar-refractivity contribution in [3.05, 3.63) is 35.1 Å². The predicted octanol–water partition coefficient (Wildman–Crippen LogP) is 4.15. The van der Waals surface area contributed by atoms with Gasteiger partial charge in [-0.15, -0.1) is 0 Å². The minimum atomic E-state index is -4.72. The first-order valence-corrected chi connectivity index (χ1v) is 7.84. The molecule has 0 aromatic heterocycles. The van der Waals surface area contributed by atoms with Gasteiger partial charge in [0, 0.05) is 12.5 Å². The number of alkyl carbamates (subject to hydrolysis) is 1. The van der Waals surface area contributed by atoms with Crippen molar-refractivity contribution in [2.75, 3.05) is 0 Å². The summed E-state index contributed by atoms with van der Waals surface area (Å²) in [6.45, 7) is 4.88. The molecule has 1 unspecified atom stereocenters. The van der Waals surface area contributed by atoms with Crippen LogP contribution in [0.15, 0.2) is 18.2 Å². The normalized spacial score (nSPS) is 13.2. The first-order chi connectivity index (χ1) is 11.8. The van der Waals surface area contributed by atoms with E-state index in [0.717, 1.165) is 12.1 Å². The molecule has 2 N–H and O–H groups in total. The van der Waals surface area contributed by atoms with Crippen LogP contribution in [0.2, 0.25) is 0 Å². The molecule has 5 nitrogen and oxygen atoms in total. The number of hydrogen-bond acceptors (Lipinski definition) is 3. The molecule has 0 aliphatic carbocycles. The van der Waals surface area contributed by atoms with Crippen LogP contribution < -0.4 is 5.32 Å². The van der Waals surface area contributed by atoms with E-state index in [1.807, 2.05) is 0 Å². The number of alkyl halides is 3. The van der Waals surface area contributed by atoms with E-state index in [4.69, 9.17) is 9.84 Å². The molecular formula is C17H21F4NO4. The second-order valence-corrected chi connectivity index (χ2v) is 6.83. The molecule has 0 saturated carbocycles. The monoisotopic (exact) mass is 379 g/mol. The van der Waals surface area contributed by atoms with Gasteiger partial charge in [-0.1, -0.05) is 0 Å². The zero-order valence-corrected chi connectivity index (χ0v) is 14.6. The maximum atomic E-state index is 13.5. The van der Waals surface area contributed by atoms with E-state index in [0.29, 0.717) is 6.07 Å². The number of carboxylic acids is 1. The van der Waals surface area contributed by atoms with E-state index >= 15 is 0 Å². The number of rotatable bonds is 6. The van der Waals surface area contributed by atoms with Gasteiger partial charge in [0.15, 0.2) is 0 Å². The van der Waals surface area contributed by atoms with Gasteiger partial charge in [0.25, 0.3) is 0 Å². The summed E-state index contributed by atoms with van der Waals surface area (Å²) in [5.41, 5.74) is -1.96. The van der Waals surface area contributed by atoms with Gasteiger partial charge < -0.3 is 15.2 Å². The van der Waals surface area contributed by atoms with E-state index in [-0.39, 0.29) is 24.8 Å². The molecule has 0 spiro atoms. The fourth-order valence-electron chi connectivity index (χ4n) is 2.21. The van der Waals surface area contributed by atoms with Crippen molar-refractivity contribution < 1.29 is 37.0 Å². The molecule has 0 saturated heterocycles. The van der Waals surface area contributed by atoms with Crippen molar-refractivity contribution in [1.29, 1.82) is 0 Å². The molecule has 1 aromatic carbocycles. The smallest absolute Gasteiger partial charge is 0.416 e. The Morgan fingerprint density at radius 1 is 1.19 bits per heavy atom. The highest BCUT2D eigenvalue weighted by Crippen LogP contribution is 2.30. The number of carbonyl (C=O) groups is 2. The summed E-state index contributed by atoms with van der Waals surface area (Å²) in [5, 5.41) is 11.2. The molecule has 0 bridgehead atoms. The van der Waals surface area contributed by atoms with Crippen LogP contribution in [0.5, 0.6) is 0 Å². The highest BCUT2D eigenvalue weighted by atomic mass is 19.4. The van der Waals surface area contributed by atoms with Crippen molar-refractivity contribution in [2.24, 2.45) is 0 Å². The van der Waals surface area contributed by atoms with Crippen LogP contribution in [-0.2, 0) is 22.1 Å². The van der Waals surface area contributed by atoms with Crippen LogP contribution in [0.1, 0.15) is 44.7 Å². The average molecular weight is 379 g/mol. The summed E-state index contributed by atoms with van der Waals surface area (Å²) < 4.78 is 57.0. The topological polar surface area (TPSA) is 75.6 Å². The van der Waals surface area contributed by atoms with Crippen LogP contribution in [0.4, 0.5) is 22.4 Å². The molecule has 1 amide bonds. The number of ether oxygens (including phenoxy) is 1. The van der Waals surface area contributed by atoms with Crippen LogP contribution in [-0.4, -0.2) is 28.8 Å². The lowest BCUT2D eigenvalue weighted by Gasteiger charge is -2.23. The third-order valence-electron chi connectivity index (χ3n) is 3.19. The summed E-state index contributed by atoms with van der Waals surface area (Å²) in [6.07, 6.45) is -6.09. The molecule has 9 heteroatoms. The van der Waals surface area contributed by atoms with Crippen LogP contribution >= 0.6 is 0 Å². The summed E-state index contributed by atoms with van der Waals surface area (Å²) in [5.74, 6) is -2.19. The first kappa shape index (κ1) is 21.7. The van der Waals surface area contributed by atoms with Gasteiger partial charge >= 0.3 is 18.2 Å². The highest BCUT2D eigenvalue weighted by molar-refractivity contribution is 5.69. The fraction of sp³-hybridized carbons (Fsp3) is 0.529. The highest BCUT2D eigenvalue weighted by Gasteiger charge is 2.31. The van der Waals surface area contributed by atoms with Crippen molar-refractivity contribution in [2.45, 2.75) is 57.9 Å². The predicted molar refractivity (Wildman–Crippen MR) is 85.1 cm³/mol. The van der Waals surface area contributed by atoms with Crippen molar-refractivity contribution in [1.82, 2.24) is 5.32 Å². The Morgan fingerprint density at radius 2 is 1.81 bits per heavy atom. The number of carboxylic acid groups (broad SMARTS) is 1. The number of aliphatic carboxylic acids is 1. The zero-order valence-electron chi connectivity index (χ0n) is 14.6. The molecular weight excluding hydrogens is 358 g/mol. The Balaban J connectivity index is 2.96. The van der Waals surface area contributed by atoms with Gasteiger partial charge in [-0.3, -0.25) is 4.79 Å². The molecule has 0 heterocycles. The maximum Gasteiger partial charge on any atom is 0.416 e. The van der Waals surface area contributed by atoms with E-state index in [1.165, 1.54) is 0 Å². The van der Waals surface area contributed by atoms with Crippen LogP contribution in [0, 0.1) is 5.82 Å². The SMILES string of the molecule is CC(C)(C)OC(=O)NC(CCC(=O)O)Cc1cc(F)cc(C(F)(F)F)c1. The third-order valence-corrected chi connectivity index (χ3v) is 3.19. The van der Waals surface area contributed by atoms with Gasteiger partial charge in [0.2, 0.25) is 0 Å². The number of amides is 1. The summed E-state index contributed by atoms with van der Waals surface area (Å²) in [6, 6.07) is 1.23. The van der Waals surface area contributed by atoms with Gasteiger partial charge in [-0.2, -0.15) is 13.2 Å². The molecule has 26 heavy (non-hydrogen) atoms. The molecule has 1 rings (SSSR count). The number of benzene rings is 1. The second-order valence-electron chi connectivity index (χ2n) is 6.83. The standard InChI is InChI=1S/C17H21F4NO4/c1-16(2,3)26-15(25)22-13(4-5-14(23)24)8-10-6-11(17(19,20)21)9-12(18)7-10/h6-7,9,13H,4-5,8H2,1-3H3,(H,22,25)(H,23,24). The molecule has 146 valence electrons. The van der Waals surface area contributed by atoms with Gasteiger partial charge in [-0.05, 0) is 57.4 Å². The maximum absolute atomic E-state index is 13.5. The summed E-state index contributed by atoms with van der Waals surface area (Å²) >= 11 is 0. The van der Waals surface area contributed by atoms with Crippen LogP contribution in [0.3, 0.4) is 0 Å². The largest absolute Gasteiger partial charge is 0.481 e. The number of carbonyl (C=O) groups excluding carboxylic acids is 1. The van der Waals surface area contributed by atoms with E-state index < -0.39 is 41.3 Å². The Bertz CT molecular complexity index is 653. The molecule has 0 fully saturated rings. The summed E-state index contributed by atoms with van der Waals surface area (Å²) in [7, 11) is 0. The Kier molecular flexibility index (Phi) is 7.00. The minimum Gasteiger partial charge on any atom is -0.481 e. The lowest BCUT2D eigenvalue weighted by Crippen LogP contribution is -2.40. The first-order valence-electron chi connectivity index (χ1n) is 7.84. The van der Waals surface area contributed by atoms with Crippen molar-refractivity contribution in [3.8, 4) is 0 Å². The molecule has 1 atom stereocenters. The quantitative estimate of drug-likeness (QED) is 0.729. The number of nitrogens with one attached hydrogen (secondary N) is 1.